The molecule has 1 aromatic carbocycles. The molecule has 0 unspecified atom stereocenters. The molecule has 1 fully saturated rings. The van der Waals surface area contributed by atoms with Crippen molar-refractivity contribution in [2.75, 3.05) is 4.90 Å². The minimum absolute atomic E-state index is 0.127. The van der Waals surface area contributed by atoms with Crippen LogP contribution in [0.15, 0.2) is 22.7 Å². The minimum atomic E-state index is -0.589. The number of nitrogens with zero attached hydrogens (tertiary/aromatic N) is 1. The molecule has 4 heteroatoms. The number of amides is 2. The fourth-order valence-electron chi connectivity index (χ4n) is 1.93. The maximum atomic E-state index is 12.1. The molecule has 1 aliphatic heterocycles. The lowest BCUT2D eigenvalue weighted by molar-refractivity contribution is -0.124. The Kier molecular flexibility index (Phi) is 2.86. The first-order valence-corrected chi connectivity index (χ1v) is 6.26. The third-order valence-electron chi connectivity index (χ3n) is 3.04. The Morgan fingerprint density at radius 1 is 1.29 bits per heavy atom. The summed E-state index contributed by atoms with van der Waals surface area (Å²) in [4.78, 5) is 25.3. The molecule has 1 saturated heterocycles. The molecular weight excluding hydrogens is 282 g/mol. The third-order valence-corrected chi connectivity index (χ3v) is 3.89. The van der Waals surface area contributed by atoms with E-state index < -0.39 is 5.41 Å². The van der Waals surface area contributed by atoms with Crippen LogP contribution in [0.4, 0.5) is 5.69 Å². The van der Waals surface area contributed by atoms with Crippen LogP contribution >= 0.6 is 15.9 Å². The van der Waals surface area contributed by atoms with Gasteiger partial charge < -0.3 is 0 Å². The van der Waals surface area contributed by atoms with Crippen LogP contribution in [-0.2, 0) is 9.59 Å². The summed E-state index contributed by atoms with van der Waals surface area (Å²) in [5.41, 5.74) is 1.13. The summed E-state index contributed by atoms with van der Waals surface area (Å²) >= 11 is 3.41. The van der Waals surface area contributed by atoms with E-state index in [9.17, 15) is 9.59 Å². The van der Waals surface area contributed by atoms with Gasteiger partial charge >= 0.3 is 0 Å². The van der Waals surface area contributed by atoms with E-state index in [-0.39, 0.29) is 18.2 Å². The van der Waals surface area contributed by atoms with E-state index in [1.165, 1.54) is 4.90 Å². The van der Waals surface area contributed by atoms with Gasteiger partial charge in [-0.05, 0) is 24.6 Å². The van der Waals surface area contributed by atoms with Crippen LogP contribution in [0.1, 0.15) is 25.8 Å². The maximum Gasteiger partial charge on any atom is 0.239 e. The second-order valence-corrected chi connectivity index (χ2v) is 5.88. The van der Waals surface area contributed by atoms with Crippen LogP contribution in [0.5, 0.6) is 0 Å². The molecule has 0 spiro atoms. The third kappa shape index (κ3) is 2.02. The van der Waals surface area contributed by atoms with Crippen LogP contribution in [0.25, 0.3) is 0 Å². The van der Waals surface area contributed by atoms with Gasteiger partial charge in [-0.1, -0.05) is 35.8 Å². The average Bonchev–Trinajstić information content (AvgIpc) is 2.42. The highest BCUT2D eigenvalue weighted by Gasteiger charge is 2.45. The van der Waals surface area contributed by atoms with Crippen molar-refractivity contribution in [3.63, 3.8) is 0 Å². The summed E-state index contributed by atoms with van der Waals surface area (Å²) in [6.07, 6.45) is 0.275. The number of hydrogen-bond acceptors (Lipinski definition) is 2. The molecule has 0 radical (unpaired) electrons. The normalized spacial score (nSPS) is 18.9. The fraction of sp³-hybridized carbons (Fsp3) is 0.385. The second-order valence-electron chi connectivity index (χ2n) is 5.03. The Bertz CT molecular complexity index is 508. The molecule has 17 heavy (non-hydrogen) atoms. The number of rotatable bonds is 1. The lowest BCUT2D eigenvalue weighted by Gasteiger charge is -2.18. The highest BCUT2D eigenvalue weighted by Crippen LogP contribution is 2.36. The van der Waals surface area contributed by atoms with E-state index in [1.807, 2.05) is 19.1 Å². The molecule has 0 aromatic heterocycles. The van der Waals surface area contributed by atoms with Crippen LogP contribution in [0.2, 0.25) is 0 Å². The van der Waals surface area contributed by atoms with Gasteiger partial charge in [-0.15, -0.1) is 0 Å². The van der Waals surface area contributed by atoms with Crippen molar-refractivity contribution < 1.29 is 9.59 Å². The number of benzene rings is 1. The molecule has 0 bridgehead atoms. The van der Waals surface area contributed by atoms with Crippen molar-refractivity contribution >= 4 is 33.4 Å². The zero-order chi connectivity index (χ0) is 12.8. The molecule has 2 amide bonds. The van der Waals surface area contributed by atoms with Crippen molar-refractivity contribution in [3.8, 4) is 0 Å². The molecule has 1 heterocycles. The van der Waals surface area contributed by atoms with Gasteiger partial charge in [0.2, 0.25) is 11.8 Å². The van der Waals surface area contributed by atoms with Gasteiger partial charge in [0.05, 0.1) is 11.1 Å². The molecule has 2 rings (SSSR count). The van der Waals surface area contributed by atoms with E-state index in [0.717, 1.165) is 10.0 Å². The van der Waals surface area contributed by atoms with Gasteiger partial charge in [-0.3, -0.25) is 14.5 Å². The topological polar surface area (TPSA) is 37.4 Å². The molecule has 0 atom stereocenters. The van der Waals surface area contributed by atoms with Crippen molar-refractivity contribution in [1.82, 2.24) is 0 Å². The van der Waals surface area contributed by atoms with Crippen LogP contribution < -0.4 is 4.90 Å². The SMILES string of the molecule is Cc1ccc(N2C(=O)CC(C)(C)C2=O)cc1Br. The van der Waals surface area contributed by atoms with Gasteiger partial charge in [0.25, 0.3) is 0 Å². The minimum Gasteiger partial charge on any atom is -0.274 e. The largest absolute Gasteiger partial charge is 0.274 e. The lowest BCUT2D eigenvalue weighted by atomic mass is 9.92. The number of carbonyl (C=O) groups is 2. The standard InChI is InChI=1S/C13H14BrNO2/c1-8-4-5-9(6-10(8)14)15-11(16)7-13(2,3)12(15)17/h4-6H,7H2,1-3H3. The highest BCUT2D eigenvalue weighted by molar-refractivity contribution is 9.10. The van der Waals surface area contributed by atoms with Crippen LogP contribution in [-0.4, -0.2) is 11.8 Å². The first-order valence-electron chi connectivity index (χ1n) is 5.46. The quantitative estimate of drug-likeness (QED) is 0.747. The number of halogens is 1. The summed E-state index contributed by atoms with van der Waals surface area (Å²) < 4.78 is 0.903. The van der Waals surface area contributed by atoms with Crippen LogP contribution in [0.3, 0.4) is 0 Å². The molecule has 0 aliphatic carbocycles. The Morgan fingerprint density at radius 3 is 2.41 bits per heavy atom. The van der Waals surface area contributed by atoms with Gasteiger partial charge in [0, 0.05) is 10.9 Å². The Hall–Kier alpha value is -1.16. The summed E-state index contributed by atoms with van der Waals surface area (Å²) in [5, 5.41) is 0. The monoisotopic (exact) mass is 295 g/mol. The maximum absolute atomic E-state index is 12.1. The number of anilines is 1. The lowest BCUT2D eigenvalue weighted by Crippen LogP contribution is -2.32. The van der Waals surface area contributed by atoms with Gasteiger partial charge in [0.15, 0.2) is 0 Å². The average molecular weight is 296 g/mol. The van der Waals surface area contributed by atoms with Crippen molar-refractivity contribution in [2.45, 2.75) is 27.2 Å². The Morgan fingerprint density at radius 2 is 1.94 bits per heavy atom. The number of imide groups is 1. The molecule has 1 aromatic rings. The summed E-state index contributed by atoms with van der Waals surface area (Å²) in [5.74, 6) is -0.256. The first-order chi connectivity index (χ1) is 7.83. The molecule has 0 saturated carbocycles. The van der Waals surface area contributed by atoms with Crippen molar-refractivity contribution in [1.29, 1.82) is 0 Å². The van der Waals surface area contributed by atoms with Gasteiger partial charge in [0.1, 0.15) is 0 Å². The van der Waals surface area contributed by atoms with E-state index >= 15 is 0 Å². The van der Waals surface area contributed by atoms with Gasteiger partial charge in [-0.25, -0.2) is 0 Å². The van der Waals surface area contributed by atoms with Crippen molar-refractivity contribution in [3.05, 3.63) is 28.2 Å². The first kappa shape index (κ1) is 12.3. The summed E-state index contributed by atoms with van der Waals surface area (Å²) in [6.45, 7) is 5.57. The van der Waals surface area contributed by atoms with E-state index in [2.05, 4.69) is 15.9 Å². The second kappa shape index (κ2) is 3.95. The predicted molar refractivity (Wildman–Crippen MR) is 69.8 cm³/mol. The fourth-order valence-corrected chi connectivity index (χ4v) is 2.30. The molecule has 3 nitrogen and oxygen atoms in total. The van der Waals surface area contributed by atoms with Gasteiger partial charge in [-0.2, -0.15) is 0 Å². The summed E-state index contributed by atoms with van der Waals surface area (Å²) in [6, 6.07) is 5.51. The number of carbonyl (C=O) groups excluding carboxylic acids is 2. The highest BCUT2D eigenvalue weighted by atomic mass is 79.9. The number of aryl methyl sites for hydroxylation is 1. The number of hydrogen-bond donors (Lipinski definition) is 0. The Labute approximate surface area is 109 Å². The van der Waals surface area contributed by atoms with E-state index in [0.29, 0.717) is 5.69 Å². The smallest absolute Gasteiger partial charge is 0.239 e. The van der Waals surface area contributed by atoms with Crippen LogP contribution in [0, 0.1) is 12.3 Å². The zero-order valence-electron chi connectivity index (χ0n) is 10.1. The molecular formula is C13H14BrNO2. The Balaban J connectivity index is 2.44. The molecule has 90 valence electrons. The summed E-state index contributed by atoms with van der Waals surface area (Å²) in [7, 11) is 0. The predicted octanol–water partition coefficient (Wildman–Crippen LogP) is 3.05. The van der Waals surface area contributed by atoms with Crippen molar-refractivity contribution in [2.24, 2.45) is 5.41 Å². The van der Waals surface area contributed by atoms with E-state index in [1.54, 1.807) is 19.9 Å². The zero-order valence-corrected chi connectivity index (χ0v) is 11.7. The molecule has 1 aliphatic rings. The molecule has 0 N–H and O–H groups in total. The van der Waals surface area contributed by atoms with E-state index in [4.69, 9.17) is 0 Å².